The third-order valence-corrected chi connectivity index (χ3v) is 5.96. The van der Waals surface area contributed by atoms with Crippen molar-refractivity contribution in [3.8, 4) is 5.75 Å². The molecule has 126 valence electrons. The molecule has 0 radical (unpaired) electrons. The van der Waals surface area contributed by atoms with Crippen LogP contribution < -0.4 is 10.1 Å². The highest BCUT2D eigenvalue weighted by Crippen LogP contribution is 2.30. The average Bonchev–Trinajstić information content (AvgIpc) is 3.03. The molecule has 1 aromatic rings. The summed E-state index contributed by atoms with van der Waals surface area (Å²) < 4.78 is 32.4. The van der Waals surface area contributed by atoms with Crippen molar-refractivity contribution in [1.82, 2.24) is 9.62 Å². The first-order valence-corrected chi connectivity index (χ1v) is 8.91. The summed E-state index contributed by atoms with van der Waals surface area (Å²) in [7, 11) is -2.27. The highest BCUT2D eigenvalue weighted by molar-refractivity contribution is 7.89. The van der Waals surface area contributed by atoms with E-state index in [-0.39, 0.29) is 10.8 Å². The fourth-order valence-corrected chi connectivity index (χ4v) is 4.59. The summed E-state index contributed by atoms with van der Waals surface area (Å²) in [6.07, 6.45) is 2.75. The molecular formula is C16H22N2O4S. The fraction of sp³-hybridized carbons (Fsp3) is 0.438. The van der Waals surface area contributed by atoms with E-state index in [4.69, 9.17) is 4.74 Å². The van der Waals surface area contributed by atoms with Crippen molar-refractivity contribution in [2.45, 2.75) is 30.7 Å². The number of nitrogens with zero attached hydrogens (tertiary/aromatic N) is 1. The van der Waals surface area contributed by atoms with Gasteiger partial charge in [-0.1, -0.05) is 12.1 Å². The maximum Gasteiger partial charge on any atom is 0.244 e. The molecule has 0 aromatic heterocycles. The van der Waals surface area contributed by atoms with Crippen LogP contribution in [0.3, 0.4) is 0 Å². The number of methoxy groups -OCH3 is 1. The van der Waals surface area contributed by atoms with Crippen molar-refractivity contribution in [2.75, 3.05) is 20.2 Å². The Hall–Kier alpha value is -1.86. The van der Waals surface area contributed by atoms with Gasteiger partial charge in [-0.3, -0.25) is 4.79 Å². The number of carbonyl (C=O) groups is 1. The van der Waals surface area contributed by atoms with Gasteiger partial charge in [0.15, 0.2) is 0 Å². The summed E-state index contributed by atoms with van der Waals surface area (Å²) in [5.41, 5.74) is 0.628. The molecule has 1 atom stereocenters. The second kappa shape index (κ2) is 7.14. The van der Waals surface area contributed by atoms with Crippen molar-refractivity contribution in [3.63, 3.8) is 0 Å². The Morgan fingerprint density at radius 1 is 1.52 bits per heavy atom. The maximum absolute atomic E-state index is 13.0. The minimum Gasteiger partial charge on any atom is -0.497 e. The van der Waals surface area contributed by atoms with Gasteiger partial charge < -0.3 is 10.1 Å². The number of aryl methyl sites for hydroxylation is 1. The molecule has 0 spiro atoms. The lowest BCUT2D eigenvalue weighted by atomic mass is 10.2. The zero-order valence-electron chi connectivity index (χ0n) is 13.4. The van der Waals surface area contributed by atoms with Gasteiger partial charge in [0.05, 0.1) is 12.0 Å². The van der Waals surface area contributed by atoms with Crippen molar-refractivity contribution in [1.29, 1.82) is 0 Å². The van der Waals surface area contributed by atoms with E-state index in [1.54, 1.807) is 25.1 Å². The highest BCUT2D eigenvalue weighted by atomic mass is 32.2. The number of nitrogens with one attached hydrogen (secondary N) is 1. The molecular weight excluding hydrogens is 316 g/mol. The second-order valence-electron chi connectivity index (χ2n) is 5.44. The minimum absolute atomic E-state index is 0.181. The van der Waals surface area contributed by atoms with Gasteiger partial charge in [-0.15, -0.1) is 6.58 Å². The van der Waals surface area contributed by atoms with Crippen LogP contribution in [0, 0.1) is 6.92 Å². The molecule has 0 aliphatic carbocycles. The third kappa shape index (κ3) is 3.56. The van der Waals surface area contributed by atoms with E-state index in [1.807, 2.05) is 0 Å². The predicted octanol–water partition coefficient (Wildman–Crippen LogP) is 1.46. The van der Waals surface area contributed by atoms with Crippen molar-refractivity contribution in [3.05, 3.63) is 36.4 Å². The van der Waals surface area contributed by atoms with Gasteiger partial charge in [-0.05, 0) is 31.4 Å². The first-order valence-electron chi connectivity index (χ1n) is 7.47. The monoisotopic (exact) mass is 338 g/mol. The lowest BCUT2D eigenvalue weighted by Crippen LogP contribution is -2.46. The molecule has 23 heavy (non-hydrogen) atoms. The Balaban J connectivity index is 2.34. The summed E-state index contributed by atoms with van der Waals surface area (Å²) >= 11 is 0. The molecule has 6 nitrogen and oxygen atoms in total. The summed E-state index contributed by atoms with van der Waals surface area (Å²) in [4.78, 5) is 12.4. The van der Waals surface area contributed by atoms with Crippen LogP contribution in [-0.2, 0) is 14.8 Å². The number of amides is 1. The van der Waals surface area contributed by atoms with Crippen LogP contribution >= 0.6 is 0 Å². The van der Waals surface area contributed by atoms with E-state index in [9.17, 15) is 13.2 Å². The molecule has 1 aliphatic rings. The van der Waals surface area contributed by atoms with Crippen LogP contribution in [0.25, 0.3) is 0 Å². The summed E-state index contributed by atoms with van der Waals surface area (Å²) in [6.45, 7) is 5.94. The number of rotatable bonds is 6. The molecule has 1 fully saturated rings. The number of sulfonamides is 1. The lowest BCUT2D eigenvalue weighted by molar-refractivity contribution is -0.123. The Labute approximate surface area is 137 Å². The molecule has 0 unspecified atom stereocenters. The Morgan fingerprint density at radius 3 is 2.91 bits per heavy atom. The Kier molecular flexibility index (Phi) is 5.43. The van der Waals surface area contributed by atoms with Crippen molar-refractivity contribution >= 4 is 15.9 Å². The van der Waals surface area contributed by atoms with E-state index in [2.05, 4.69) is 11.9 Å². The highest BCUT2D eigenvalue weighted by Gasteiger charge is 2.39. The zero-order valence-corrected chi connectivity index (χ0v) is 14.2. The quantitative estimate of drug-likeness (QED) is 0.797. The Bertz CT molecular complexity index is 700. The van der Waals surface area contributed by atoms with Gasteiger partial charge in [0.25, 0.3) is 0 Å². The average molecular weight is 338 g/mol. The normalized spacial score (nSPS) is 18.6. The summed E-state index contributed by atoms with van der Waals surface area (Å²) in [6, 6.07) is 4.24. The minimum atomic E-state index is -3.75. The van der Waals surface area contributed by atoms with Crippen LogP contribution in [0.1, 0.15) is 18.4 Å². The number of hydrogen-bond acceptors (Lipinski definition) is 4. The van der Waals surface area contributed by atoms with Gasteiger partial charge >= 0.3 is 0 Å². The largest absolute Gasteiger partial charge is 0.497 e. The maximum atomic E-state index is 13.0. The van der Waals surface area contributed by atoms with Gasteiger partial charge in [0.2, 0.25) is 15.9 Å². The van der Waals surface area contributed by atoms with E-state index < -0.39 is 16.1 Å². The third-order valence-electron chi connectivity index (χ3n) is 3.91. The summed E-state index contributed by atoms with van der Waals surface area (Å²) in [5.74, 6) is 0.188. The molecule has 0 bridgehead atoms. The van der Waals surface area contributed by atoms with E-state index in [0.29, 0.717) is 37.2 Å². The molecule has 1 aliphatic heterocycles. The zero-order chi connectivity index (χ0) is 17.0. The van der Waals surface area contributed by atoms with E-state index in [0.717, 1.165) is 0 Å². The predicted molar refractivity (Wildman–Crippen MR) is 87.9 cm³/mol. The second-order valence-corrected chi connectivity index (χ2v) is 7.30. The van der Waals surface area contributed by atoms with Crippen molar-refractivity contribution < 1.29 is 17.9 Å². The van der Waals surface area contributed by atoms with Crippen LogP contribution in [-0.4, -0.2) is 44.9 Å². The van der Waals surface area contributed by atoms with Crippen LogP contribution in [0.15, 0.2) is 35.7 Å². The van der Waals surface area contributed by atoms with E-state index >= 15 is 0 Å². The molecule has 1 amide bonds. The van der Waals surface area contributed by atoms with Gasteiger partial charge in [-0.25, -0.2) is 8.42 Å². The van der Waals surface area contributed by atoms with Crippen LogP contribution in [0.4, 0.5) is 0 Å². The van der Waals surface area contributed by atoms with E-state index in [1.165, 1.54) is 17.5 Å². The van der Waals surface area contributed by atoms with Crippen LogP contribution in [0.5, 0.6) is 5.75 Å². The first-order chi connectivity index (χ1) is 10.9. The molecule has 1 heterocycles. The molecule has 1 saturated heterocycles. The van der Waals surface area contributed by atoms with Gasteiger partial charge in [-0.2, -0.15) is 4.31 Å². The SMILES string of the molecule is C=CCNC(=O)[C@H]1CCCN1S(=O)(=O)c1cc(OC)ccc1C. The smallest absolute Gasteiger partial charge is 0.244 e. The Morgan fingerprint density at radius 2 is 2.26 bits per heavy atom. The number of ether oxygens (including phenoxy) is 1. The summed E-state index contributed by atoms with van der Waals surface area (Å²) in [5, 5.41) is 2.68. The fourth-order valence-electron chi connectivity index (χ4n) is 2.69. The number of hydrogen-bond donors (Lipinski definition) is 1. The van der Waals surface area contributed by atoms with Gasteiger partial charge in [0, 0.05) is 19.2 Å². The van der Waals surface area contributed by atoms with Gasteiger partial charge in [0.1, 0.15) is 11.8 Å². The molecule has 0 saturated carbocycles. The van der Waals surface area contributed by atoms with Crippen molar-refractivity contribution in [2.24, 2.45) is 0 Å². The topological polar surface area (TPSA) is 75.7 Å². The number of benzene rings is 1. The molecule has 1 aromatic carbocycles. The van der Waals surface area contributed by atoms with Crippen LogP contribution in [0.2, 0.25) is 0 Å². The molecule has 2 rings (SSSR count). The molecule has 7 heteroatoms. The first kappa shape index (κ1) is 17.5. The number of carbonyl (C=O) groups excluding carboxylic acids is 1. The lowest BCUT2D eigenvalue weighted by Gasteiger charge is -2.24. The standard InChI is InChI=1S/C16H22N2O4S/c1-4-9-17-16(19)14-6-5-10-18(14)23(20,21)15-11-13(22-3)8-7-12(15)2/h4,7-8,11,14H,1,5-6,9-10H2,2-3H3,(H,17,19)/t14-/m1/s1. The molecule has 1 N–H and O–H groups in total.